The molecule has 4 saturated carbocycles. The highest BCUT2D eigenvalue weighted by Gasteiger charge is 2.66. The highest BCUT2D eigenvalue weighted by atomic mass is 32.1. The smallest absolute Gasteiger partial charge is 0.355 e. The molecule has 0 radical (unpaired) electrons. The zero-order valence-corrected chi connectivity index (χ0v) is 36.2. The van der Waals surface area contributed by atoms with Gasteiger partial charge in [0, 0.05) is 73.3 Å². The molecule has 4 N–H and O–H groups in total. The van der Waals surface area contributed by atoms with Crippen molar-refractivity contribution in [3.05, 3.63) is 65.1 Å². The maximum Gasteiger partial charge on any atom is 0.355 e. The van der Waals surface area contributed by atoms with Crippen LogP contribution in [-0.2, 0) is 17.7 Å². The molecule has 4 bridgehead atoms. The summed E-state index contributed by atoms with van der Waals surface area (Å²) in [6, 6.07) is 11.8. The molecule has 4 atom stereocenters. The molecule has 318 valence electrons. The first-order chi connectivity index (χ1) is 28.7. The van der Waals surface area contributed by atoms with Gasteiger partial charge >= 0.3 is 5.97 Å². The van der Waals surface area contributed by atoms with Gasteiger partial charge in [0.15, 0.2) is 22.5 Å². The van der Waals surface area contributed by atoms with E-state index in [1.165, 1.54) is 6.42 Å². The maximum absolute atomic E-state index is 13.0. The van der Waals surface area contributed by atoms with Gasteiger partial charge in [0.25, 0.3) is 0 Å². The molecule has 4 aliphatic carbocycles. The highest BCUT2D eigenvalue weighted by Crippen LogP contribution is 2.72. The van der Waals surface area contributed by atoms with Gasteiger partial charge < -0.3 is 35.2 Å². The Labute approximate surface area is 355 Å². The van der Waals surface area contributed by atoms with Gasteiger partial charge in [-0.2, -0.15) is 5.10 Å². The molecular formula is C45H57N9O5S. The molecule has 14 nitrogen and oxygen atoms in total. The Morgan fingerprint density at radius 2 is 1.75 bits per heavy atom. The number of nitrogens with one attached hydrogen (secondary N) is 1. The van der Waals surface area contributed by atoms with Gasteiger partial charge in [0.2, 0.25) is 0 Å². The maximum atomic E-state index is 13.0. The Bertz CT molecular complexity index is 2380. The van der Waals surface area contributed by atoms with E-state index in [4.69, 9.17) is 19.8 Å². The standard InChI is InChI=1S/C45H57N9O5S/c1-28-31-9-8-14-53(39(31)51-50-38(28)49-41-47-34-10-6-7-11-35(34)60-41)36-13-12-32(37(48-36)40(57)58)33-17-46-54(29(33)2)27-44-22-42(3)21-43(4,23-44)25-45(24-42,26-44)59-16-15-52(5)18-30(19-55)20-56/h6-7,10-13,17,30,55-56H,8-9,14-16,18-27H2,1-5H3,(H,57,58)(H,47,49,50)/t42-,43+,44?,45?. The van der Waals surface area contributed by atoms with Gasteiger partial charge in [-0.05, 0) is 113 Å². The number of hydrogen-bond donors (Lipinski definition) is 4. The number of para-hydroxylation sites is 1. The van der Waals surface area contributed by atoms with Crippen LogP contribution in [0.5, 0.6) is 0 Å². The van der Waals surface area contributed by atoms with Gasteiger partial charge in [0.1, 0.15) is 5.82 Å². The zero-order valence-electron chi connectivity index (χ0n) is 35.4. The second-order valence-electron chi connectivity index (χ2n) is 19.2. The van der Waals surface area contributed by atoms with Crippen molar-refractivity contribution >= 4 is 50.1 Å². The number of aromatic nitrogens is 6. The van der Waals surface area contributed by atoms with Gasteiger partial charge in [0.05, 0.1) is 28.6 Å². The Hall–Kier alpha value is -4.54. The number of likely N-dealkylation sites (N-methyl/N-ethyl adjacent to an activating group) is 1. The van der Waals surface area contributed by atoms with E-state index in [0.29, 0.717) is 42.7 Å². The first kappa shape index (κ1) is 40.8. The lowest BCUT2D eigenvalue weighted by atomic mass is 9.39. The third-order valence-electron chi connectivity index (χ3n) is 13.8. The van der Waals surface area contributed by atoms with Crippen LogP contribution in [0.3, 0.4) is 0 Å². The Balaban J connectivity index is 0.946. The Kier molecular flexibility index (Phi) is 10.5. The number of aromatic carboxylic acids is 1. The van der Waals surface area contributed by atoms with Crippen molar-refractivity contribution in [3.8, 4) is 11.1 Å². The van der Waals surface area contributed by atoms with E-state index in [-0.39, 0.29) is 46.7 Å². The number of rotatable bonds is 15. The molecule has 5 heterocycles. The molecule has 1 aliphatic heterocycles. The molecule has 5 aromatic rings. The Morgan fingerprint density at radius 3 is 2.48 bits per heavy atom. The monoisotopic (exact) mass is 835 g/mol. The molecule has 0 saturated heterocycles. The molecule has 2 unspecified atom stereocenters. The first-order valence-corrected chi connectivity index (χ1v) is 22.1. The van der Waals surface area contributed by atoms with Crippen molar-refractivity contribution in [1.82, 2.24) is 34.8 Å². The van der Waals surface area contributed by atoms with Gasteiger partial charge in [-0.3, -0.25) is 4.68 Å². The van der Waals surface area contributed by atoms with Crippen molar-refractivity contribution in [2.75, 3.05) is 56.7 Å². The number of thiazole rings is 1. The van der Waals surface area contributed by atoms with Crippen molar-refractivity contribution in [2.24, 2.45) is 22.2 Å². The summed E-state index contributed by atoms with van der Waals surface area (Å²) in [4.78, 5) is 26.6. The highest BCUT2D eigenvalue weighted by molar-refractivity contribution is 7.22. The van der Waals surface area contributed by atoms with E-state index in [0.717, 1.165) is 95.8 Å². The topological polar surface area (TPSA) is 175 Å². The molecule has 60 heavy (non-hydrogen) atoms. The molecule has 4 aromatic heterocycles. The first-order valence-electron chi connectivity index (χ1n) is 21.3. The number of aliphatic hydroxyl groups excluding tert-OH is 2. The second kappa shape index (κ2) is 15.4. The summed E-state index contributed by atoms with van der Waals surface area (Å²) in [6.45, 7) is 12.2. The van der Waals surface area contributed by atoms with Crippen LogP contribution >= 0.6 is 11.3 Å². The molecule has 0 spiro atoms. The minimum atomic E-state index is -1.09. The predicted molar refractivity (Wildman–Crippen MR) is 232 cm³/mol. The minimum absolute atomic E-state index is 0.000592. The van der Waals surface area contributed by atoms with Crippen LogP contribution < -0.4 is 10.2 Å². The minimum Gasteiger partial charge on any atom is -0.476 e. The van der Waals surface area contributed by atoms with E-state index in [1.54, 1.807) is 11.3 Å². The lowest BCUT2D eigenvalue weighted by Gasteiger charge is -2.69. The van der Waals surface area contributed by atoms with Gasteiger partial charge in [-0.1, -0.05) is 37.3 Å². The van der Waals surface area contributed by atoms with E-state index >= 15 is 0 Å². The molecular weight excluding hydrogens is 779 g/mol. The number of carboxylic acids is 1. The van der Waals surface area contributed by atoms with Crippen LogP contribution in [0.4, 0.5) is 22.6 Å². The summed E-state index contributed by atoms with van der Waals surface area (Å²) in [7, 11) is 2.02. The average molecular weight is 836 g/mol. The second-order valence-corrected chi connectivity index (χ2v) is 20.3. The molecule has 4 fully saturated rings. The van der Waals surface area contributed by atoms with Crippen LogP contribution in [0, 0.1) is 36.0 Å². The fourth-order valence-corrected chi connectivity index (χ4v) is 13.3. The number of aliphatic hydroxyl groups is 2. The van der Waals surface area contributed by atoms with Crippen molar-refractivity contribution in [3.63, 3.8) is 0 Å². The van der Waals surface area contributed by atoms with Crippen molar-refractivity contribution < 1.29 is 24.9 Å². The normalized spacial score (nSPS) is 25.8. The van der Waals surface area contributed by atoms with Gasteiger partial charge in [-0.15, -0.1) is 10.2 Å². The van der Waals surface area contributed by atoms with Crippen LogP contribution in [0.15, 0.2) is 42.6 Å². The SMILES string of the molecule is Cc1c(Nc2nc3ccccc3s2)nnc2c1CCCN2c1ccc(-c2cnn(CC34CC5(OCCN(C)CC(CO)CO)C[C@](C)(C3)C[C@](C)(C4)C5)c2C)c(C(=O)O)n1. The molecule has 10 rings (SSSR count). The fourth-order valence-electron chi connectivity index (χ4n) is 12.4. The summed E-state index contributed by atoms with van der Waals surface area (Å²) in [5.74, 6) is 0.628. The predicted octanol–water partition coefficient (Wildman–Crippen LogP) is 7.16. The zero-order chi connectivity index (χ0) is 42.0. The third-order valence-corrected chi connectivity index (χ3v) is 14.7. The van der Waals surface area contributed by atoms with E-state index in [2.05, 4.69) is 45.0 Å². The van der Waals surface area contributed by atoms with E-state index in [9.17, 15) is 20.1 Å². The molecule has 1 aromatic carbocycles. The summed E-state index contributed by atoms with van der Waals surface area (Å²) in [5, 5.41) is 48.1. The summed E-state index contributed by atoms with van der Waals surface area (Å²) < 4.78 is 10.1. The summed E-state index contributed by atoms with van der Waals surface area (Å²) >= 11 is 1.57. The molecule has 5 aliphatic rings. The lowest BCUT2D eigenvalue weighted by molar-refractivity contribution is -0.248. The van der Waals surface area contributed by atoms with Crippen LogP contribution in [0.2, 0.25) is 0 Å². The van der Waals surface area contributed by atoms with Crippen LogP contribution in [-0.4, -0.2) is 108 Å². The average Bonchev–Trinajstić information content (AvgIpc) is 3.77. The number of hydrogen-bond acceptors (Lipinski definition) is 13. The summed E-state index contributed by atoms with van der Waals surface area (Å²) in [5.41, 5.74) is 5.32. The molecule has 0 amide bonds. The molecule has 15 heteroatoms. The summed E-state index contributed by atoms with van der Waals surface area (Å²) in [6.07, 6.45) is 9.97. The van der Waals surface area contributed by atoms with E-state index in [1.807, 2.05) is 62.3 Å². The number of fused-ring (bicyclic) bond motifs is 2. The van der Waals surface area contributed by atoms with Gasteiger partial charge in [-0.25, -0.2) is 14.8 Å². The Morgan fingerprint density at radius 1 is 0.983 bits per heavy atom. The van der Waals surface area contributed by atoms with Crippen LogP contribution in [0.25, 0.3) is 21.3 Å². The quantitative estimate of drug-likeness (QED) is 0.0838. The largest absolute Gasteiger partial charge is 0.476 e. The number of carbonyl (C=O) groups is 1. The number of ether oxygens (including phenoxy) is 1. The fraction of sp³-hybridized carbons (Fsp3) is 0.556. The number of carboxylic acid groups (broad SMARTS) is 1. The van der Waals surface area contributed by atoms with Crippen molar-refractivity contribution in [2.45, 2.75) is 91.2 Å². The van der Waals surface area contributed by atoms with Crippen LogP contribution in [0.1, 0.15) is 86.1 Å². The third kappa shape index (κ3) is 7.56. The number of benzene rings is 1. The number of anilines is 4. The number of pyridine rings is 1. The lowest BCUT2D eigenvalue weighted by Crippen LogP contribution is -2.64. The van der Waals surface area contributed by atoms with E-state index < -0.39 is 5.97 Å². The number of nitrogens with zero attached hydrogens (tertiary/aromatic N) is 8. The van der Waals surface area contributed by atoms with Crippen molar-refractivity contribution in [1.29, 1.82) is 0 Å².